The molecule has 1 heterocycles. The first-order valence-corrected chi connectivity index (χ1v) is 10.8. The number of carbonyl (C=O) groups excluding carboxylic acids is 1. The van der Waals surface area contributed by atoms with Crippen LogP contribution in [0.15, 0.2) is 54.0 Å². The van der Waals surface area contributed by atoms with Gasteiger partial charge in [-0.1, -0.05) is 54.1 Å². The number of aromatic carboxylic acids is 1. The Hall–Kier alpha value is -3.10. The fourth-order valence-electron chi connectivity index (χ4n) is 3.33. The molecule has 33 heavy (non-hydrogen) atoms. The fourth-order valence-corrected chi connectivity index (χ4v) is 3.33. The predicted molar refractivity (Wildman–Crippen MR) is 127 cm³/mol. The van der Waals surface area contributed by atoms with Gasteiger partial charge in [0.1, 0.15) is 6.61 Å². The third-order valence-electron chi connectivity index (χ3n) is 5.99. The van der Waals surface area contributed by atoms with Crippen molar-refractivity contribution in [1.82, 2.24) is 5.32 Å². The van der Waals surface area contributed by atoms with Crippen molar-refractivity contribution in [2.45, 2.75) is 52.4 Å². The summed E-state index contributed by atoms with van der Waals surface area (Å²) < 4.78 is 17.6. The molecule has 0 atom stereocenters. The van der Waals surface area contributed by atoms with E-state index in [1.165, 1.54) is 0 Å². The van der Waals surface area contributed by atoms with E-state index in [0.717, 1.165) is 11.1 Å². The Kier molecular flexibility index (Phi) is 7.30. The number of carbonyl (C=O) groups is 2. The first-order valence-electron chi connectivity index (χ1n) is 10.8. The summed E-state index contributed by atoms with van der Waals surface area (Å²) in [7, 11) is -0.757. The van der Waals surface area contributed by atoms with Gasteiger partial charge in [0.05, 0.1) is 16.8 Å². The van der Waals surface area contributed by atoms with Crippen LogP contribution >= 0.6 is 0 Å². The number of hydrogen-bond acceptors (Lipinski definition) is 5. The molecule has 0 bridgehead atoms. The summed E-state index contributed by atoms with van der Waals surface area (Å²) in [6.07, 6.45) is 1.10. The van der Waals surface area contributed by atoms with E-state index < -0.39 is 30.4 Å². The molecule has 1 amide bonds. The normalized spacial score (nSPS) is 17.0. The molecule has 1 fully saturated rings. The maximum Gasteiger partial charge on any atom is 0.492 e. The number of aryl methyl sites for hydroxylation is 1. The largest absolute Gasteiger partial charge is 0.492 e. The van der Waals surface area contributed by atoms with Crippen LogP contribution in [0.1, 0.15) is 54.7 Å². The van der Waals surface area contributed by atoms with Gasteiger partial charge in [-0.3, -0.25) is 0 Å². The van der Waals surface area contributed by atoms with Gasteiger partial charge in [-0.15, -0.1) is 0 Å². The molecule has 0 aliphatic carbocycles. The van der Waals surface area contributed by atoms with Crippen LogP contribution in [0.3, 0.4) is 0 Å². The van der Waals surface area contributed by atoms with Gasteiger partial charge in [0.25, 0.3) is 0 Å². The molecule has 0 radical (unpaired) electrons. The SMILES string of the molecule is Cc1ccc(C=C(CNC(=O)OCc2ccccc2)B2OC(C)(C)C(C)(C)O2)c(C(=O)O)c1. The van der Waals surface area contributed by atoms with Crippen LogP contribution in [0.5, 0.6) is 0 Å². The molecule has 1 aliphatic rings. The quantitative estimate of drug-likeness (QED) is 0.596. The summed E-state index contributed by atoms with van der Waals surface area (Å²) in [5, 5.41) is 12.4. The highest BCUT2D eigenvalue weighted by molar-refractivity contribution is 6.56. The first kappa shape index (κ1) is 24.5. The average molecular weight is 451 g/mol. The average Bonchev–Trinajstić information content (AvgIpc) is 2.97. The molecule has 1 aliphatic heterocycles. The van der Waals surface area contributed by atoms with E-state index in [1.807, 2.05) is 71.0 Å². The second kappa shape index (κ2) is 9.81. The van der Waals surface area contributed by atoms with Crippen molar-refractivity contribution in [3.8, 4) is 0 Å². The third kappa shape index (κ3) is 6.03. The maximum atomic E-state index is 12.3. The number of benzene rings is 2. The van der Waals surface area contributed by atoms with Crippen molar-refractivity contribution in [2.75, 3.05) is 6.54 Å². The van der Waals surface area contributed by atoms with Gasteiger partial charge in [0.2, 0.25) is 0 Å². The minimum absolute atomic E-state index is 0.0669. The number of amides is 1. The van der Waals surface area contributed by atoms with E-state index in [-0.39, 0.29) is 18.7 Å². The molecule has 0 aromatic heterocycles. The Bertz CT molecular complexity index is 1030. The number of ether oxygens (including phenoxy) is 1. The lowest BCUT2D eigenvalue weighted by Gasteiger charge is -2.32. The molecule has 3 rings (SSSR count). The smallest absolute Gasteiger partial charge is 0.478 e. The summed E-state index contributed by atoms with van der Waals surface area (Å²) in [5.41, 5.74) is 1.77. The standard InChI is InChI=1S/C25H30BNO6/c1-17-11-12-19(21(13-17)22(28)29)14-20(26-32-24(2,3)25(4,5)33-26)15-27-23(30)31-16-18-9-7-6-8-10-18/h6-14H,15-16H2,1-5H3,(H,27,30)(H,28,29). The van der Waals surface area contributed by atoms with Gasteiger partial charge in [0.15, 0.2) is 0 Å². The highest BCUT2D eigenvalue weighted by Crippen LogP contribution is 2.38. The van der Waals surface area contributed by atoms with Crippen molar-refractivity contribution in [1.29, 1.82) is 0 Å². The lowest BCUT2D eigenvalue weighted by molar-refractivity contribution is 0.00578. The minimum atomic E-state index is -1.03. The number of carboxylic acid groups (broad SMARTS) is 1. The van der Waals surface area contributed by atoms with E-state index in [1.54, 1.807) is 18.2 Å². The molecular weight excluding hydrogens is 421 g/mol. The van der Waals surface area contributed by atoms with E-state index in [9.17, 15) is 14.7 Å². The van der Waals surface area contributed by atoms with Crippen molar-refractivity contribution in [3.05, 3.63) is 76.3 Å². The maximum absolute atomic E-state index is 12.3. The van der Waals surface area contributed by atoms with Crippen LogP contribution in [-0.4, -0.2) is 42.0 Å². The molecule has 7 nitrogen and oxygen atoms in total. The molecule has 0 spiro atoms. The highest BCUT2D eigenvalue weighted by atomic mass is 16.7. The molecule has 8 heteroatoms. The summed E-state index contributed by atoms with van der Waals surface area (Å²) in [6.45, 7) is 9.77. The van der Waals surface area contributed by atoms with Crippen LogP contribution in [0.4, 0.5) is 4.79 Å². The van der Waals surface area contributed by atoms with Gasteiger partial charge in [-0.05, 0) is 57.3 Å². The van der Waals surface area contributed by atoms with Crippen LogP contribution in [0.2, 0.25) is 0 Å². The van der Waals surface area contributed by atoms with E-state index in [4.69, 9.17) is 14.0 Å². The molecule has 0 unspecified atom stereocenters. The zero-order valence-corrected chi connectivity index (χ0v) is 19.7. The summed E-state index contributed by atoms with van der Waals surface area (Å²) in [5.74, 6) is -1.03. The highest BCUT2D eigenvalue weighted by Gasteiger charge is 2.52. The van der Waals surface area contributed by atoms with Gasteiger partial charge in [-0.2, -0.15) is 0 Å². The van der Waals surface area contributed by atoms with Crippen LogP contribution in [0, 0.1) is 6.92 Å². The number of hydrogen-bond donors (Lipinski definition) is 2. The molecule has 2 aromatic rings. The van der Waals surface area contributed by atoms with Crippen molar-refractivity contribution in [2.24, 2.45) is 0 Å². The molecule has 174 valence electrons. The topological polar surface area (TPSA) is 94.1 Å². The second-order valence-corrected chi connectivity index (χ2v) is 9.12. The number of carboxylic acids is 1. The van der Waals surface area contributed by atoms with Gasteiger partial charge < -0.3 is 24.5 Å². The van der Waals surface area contributed by atoms with Crippen molar-refractivity contribution >= 4 is 25.3 Å². The summed E-state index contributed by atoms with van der Waals surface area (Å²) in [6, 6.07) is 14.6. The predicted octanol–water partition coefficient (Wildman–Crippen LogP) is 4.63. The number of nitrogens with one attached hydrogen (secondary N) is 1. The monoisotopic (exact) mass is 451 g/mol. The second-order valence-electron chi connectivity index (χ2n) is 9.12. The lowest BCUT2D eigenvalue weighted by atomic mass is 9.76. The number of alkyl carbamates (subject to hydrolysis) is 1. The third-order valence-corrected chi connectivity index (χ3v) is 5.99. The van der Waals surface area contributed by atoms with Gasteiger partial charge >= 0.3 is 19.2 Å². The Morgan fingerprint density at radius 1 is 1.06 bits per heavy atom. The Balaban J connectivity index is 1.82. The minimum Gasteiger partial charge on any atom is -0.478 e. The fraction of sp³-hybridized carbons (Fsp3) is 0.360. The van der Waals surface area contributed by atoms with Crippen molar-refractivity contribution < 1.29 is 28.7 Å². The van der Waals surface area contributed by atoms with Gasteiger partial charge in [0, 0.05) is 6.54 Å². The molecule has 1 saturated heterocycles. The summed E-state index contributed by atoms with van der Waals surface area (Å²) >= 11 is 0. The Labute approximate surface area is 194 Å². The van der Waals surface area contributed by atoms with Crippen LogP contribution < -0.4 is 5.32 Å². The zero-order chi connectivity index (χ0) is 24.2. The molecular formula is C25H30BNO6. The van der Waals surface area contributed by atoms with E-state index in [2.05, 4.69) is 5.32 Å². The number of rotatable bonds is 7. The first-order chi connectivity index (χ1) is 15.5. The van der Waals surface area contributed by atoms with E-state index in [0.29, 0.717) is 11.0 Å². The van der Waals surface area contributed by atoms with Crippen molar-refractivity contribution in [3.63, 3.8) is 0 Å². The lowest BCUT2D eigenvalue weighted by Crippen LogP contribution is -2.41. The van der Waals surface area contributed by atoms with Crippen LogP contribution in [-0.2, 0) is 20.7 Å². The van der Waals surface area contributed by atoms with E-state index >= 15 is 0 Å². The zero-order valence-electron chi connectivity index (χ0n) is 19.7. The summed E-state index contributed by atoms with van der Waals surface area (Å²) in [4.78, 5) is 24.1. The Morgan fingerprint density at radius 3 is 2.30 bits per heavy atom. The Morgan fingerprint density at radius 2 is 1.70 bits per heavy atom. The molecule has 0 saturated carbocycles. The molecule has 2 aromatic carbocycles. The molecule has 2 N–H and O–H groups in total. The van der Waals surface area contributed by atoms with Crippen LogP contribution in [0.25, 0.3) is 6.08 Å². The van der Waals surface area contributed by atoms with Gasteiger partial charge in [-0.25, -0.2) is 9.59 Å².